The summed E-state index contributed by atoms with van der Waals surface area (Å²) in [6, 6.07) is 6.36. The Morgan fingerprint density at radius 3 is 2.29 bits per heavy atom. The van der Waals surface area contributed by atoms with Crippen LogP contribution in [0.4, 0.5) is 18.9 Å². The number of hydrogen-bond donors (Lipinski definition) is 1. The molecule has 17 heavy (non-hydrogen) atoms. The summed E-state index contributed by atoms with van der Waals surface area (Å²) < 4.78 is 38.9. The zero-order valence-corrected chi connectivity index (χ0v) is 9.37. The molecule has 0 radical (unpaired) electrons. The SMILES string of the molecule is NC1(C(F)F)CCN(c2ccccc2F)CC1. The molecule has 0 amide bonds. The van der Waals surface area contributed by atoms with Crippen molar-refractivity contribution in [3.63, 3.8) is 0 Å². The predicted molar refractivity (Wildman–Crippen MR) is 60.8 cm³/mol. The van der Waals surface area contributed by atoms with Gasteiger partial charge in [-0.1, -0.05) is 12.1 Å². The Morgan fingerprint density at radius 2 is 1.76 bits per heavy atom. The fraction of sp³-hybridized carbons (Fsp3) is 0.500. The average molecular weight is 244 g/mol. The number of para-hydroxylation sites is 1. The van der Waals surface area contributed by atoms with E-state index >= 15 is 0 Å². The molecule has 1 aliphatic rings. The summed E-state index contributed by atoms with van der Waals surface area (Å²) in [6.07, 6.45) is -2.16. The molecule has 5 heteroatoms. The molecule has 94 valence electrons. The summed E-state index contributed by atoms with van der Waals surface area (Å²) in [6.45, 7) is 0.726. The van der Waals surface area contributed by atoms with Gasteiger partial charge in [-0.2, -0.15) is 0 Å². The van der Waals surface area contributed by atoms with Crippen LogP contribution in [0.2, 0.25) is 0 Å². The van der Waals surface area contributed by atoms with E-state index in [2.05, 4.69) is 0 Å². The van der Waals surface area contributed by atoms with Gasteiger partial charge in [-0.3, -0.25) is 0 Å². The van der Waals surface area contributed by atoms with Crippen molar-refractivity contribution in [1.82, 2.24) is 0 Å². The normalized spacial score (nSPS) is 19.7. The van der Waals surface area contributed by atoms with E-state index in [4.69, 9.17) is 5.73 Å². The number of benzene rings is 1. The lowest BCUT2D eigenvalue weighted by Crippen LogP contribution is -2.55. The lowest BCUT2D eigenvalue weighted by molar-refractivity contribution is 0.0391. The minimum Gasteiger partial charge on any atom is -0.369 e. The van der Waals surface area contributed by atoms with E-state index in [1.54, 1.807) is 23.1 Å². The molecule has 1 aliphatic heterocycles. The lowest BCUT2D eigenvalue weighted by Gasteiger charge is -2.39. The Balaban J connectivity index is 2.07. The van der Waals surface area contributed by atoms with E-state index in [0.717, 1.165) is 0 Å². The summed E-state index contributed by atoms with van der Waals surface area (Å²) >= 11 is 0. The standard InChI is InChI=1S/C12H15F3N2/c13-9-3-1-2-4-10(9)17-7-5-12(16,6-8-17)11(14)15/h1-4,11H,5-8,16H2. The largest absolute Gasteiger partial charge is 0.369 e. The maximum absolute atomic E-state index is 13.5. The predicted octanol–water partition coefficient (Wildman–Crippen LogP) is 2.39. The van der Waals surface area contributed by atoms with Gasteiger partial charge in [0.15, 0.2) is 0 Å². The van der Waals surface area contributed by atoms with Crippen molar-refractivity contribution in [3.05, 3.63) is 30.1 Å². The molecular weight excluding hydrogens is 229 g/mol. The summed E-state index contributed by atoms with van der Waals surface area (Å²) in [5, 5.41) is 0. The number of hydrogen-bond acceptors (Lipinski definition) is 2. The second-order valence-electron chi connectivity index (χ2n) is 4.47. The van der Waals surface area contributed by atoms with Crippen molar-refractivity contribution in [2.45, 2.75) is 24.8 Å². The lowest BCUT2D eigenvalue weighted by atomic mass is 9.89. The fourth-order valence-corrected chi connectivity index (χ4v) is 2.09. The van der Waals surface area contributed by atoms with Gasteiger partial charge in [0, 0.05) is 13.1 Å². The molecule has 0 unspecified atom stereocenters. The fourth-order valence-electron chi connectivity index (χ4n) is 2.09. The minimum absolute atomic E-state index is 0.180. The zero-order valence-electron chi connectivity index (χ0n) is 9.37. The average Bonchev–Trinajstić information content (AvgIpc) is 2.31. The van der Waals surface area contributed by atoms with Gasteiger partial charge in [0.05, 0.1) is 11.2 Å². The highest BCUT2D eigenvalue weighted by Crippen LogP contribution is 2.30. The van der Waals surface area contributed by atoms with Crippen molar-refractivity contribution < 1.29 is 13.2 Å². The van der Waals surface area contributed by atoms with E-state index < -0.39 is 12.0 Å². The minimum atomic E-state index is -2.52. The van der Waals surface area contributed by atoms with E-state index in [1.165, 1.54) is 6.07 Å². The van der Waals surface area contributed by atoms with Crippen LogP contribution >= 0.6 is 0 Å². The number of halogens is 3. The first-order valence-corrected chi connectivity index (χ1v) is 5.59. The van der Waals surface area contributed by atoms with Gasteiger partial charge < -0.3 is 10.6 Å². The van der Waals surface area contributed by atoms with Gasteiger partial charge in [0.25, 0.3) is 6.43 Å². The van der Waals surface area contributed by atoms with E-state index in [-0.39, 0.29) is 18.7 Å². The molecule has 1 heterocycles. The Bertz CT molecular complexity index is 387. The molecular formula is C12H15F3N2. The van der Waals surface area contributed by atoms with Crippen molar-refractivity contribution in [2.24, 2.45) is 5.73 Å². The van der Waals surface area contributed by atoms with E-state index in [1.807, 2.05) is 0 Å². The first-order chi connectivity index (χ1) is 8.03. The third-order valence-corrected chi connectivity index (χ3v) is 3.32. The van der Waals surface area contributed by atoms with E-state index in [9.17, 15) is 13.2 Å². The molecule has 0 aliphatic carbocycles. The first-order valence-electron chi connectivity index (χ1n) is 5.59. The molecule has 1 aromatic carbocycles. The quantitative estimate of drug-likeness (QED) is 0.865. The van der Waals surface area contributed by atoms with Crippen molar-refractivity contribution in [3.8, 4) is 0 Å². The molecule has 0 spiro atoms. The number of nitrogens with two attached hydrogens (primary N) is 1. The highest BCUT2D eigenvalue weighted by molar-refractivity contribution is 5.48. The second kappa shape index (κ2) is 4.56. The van der Waals surface area contributed by atoms with Crippen molar-refractivity contribution in [2.75, 3.05) is 18.0 Å². The highest BCUT2D eigenvalue weighted by atomic mass is 19.3. The summed E-state index contributed by atoms with van der Waals surface area (Å²) in [5.74, 6) is -0.325. The summed E-state index contributed by atoms with van der Waals surface area (Å²) in [5.41, 5.74) is 4.66. The van der Waals surface area contributed by atoms with Crippen LogP contribution in [-0.2, 0) is 0 Å². The van der Waals surface area contributed by atoms with Crippen molar-refractivity contribution >= 4 is 5.69 Å². The van der Waals surface area contributed by atoms with Crippen LogP contribution in [0.3, 0.4) is 0 Å². The monoisotopic (exact) mass is 244 g/mol. The van der Waals surface area contributed by atoms with Crippen molar-refractivity contribution in [1.29, 1.82) is 0 Å². The van der Waals surface area contributed by atoms with Crippen LogP contribution < -0.4 is 10.6 Å². The van der Waals surface area contributed by atoms with Gasteiger partial charge in [0.1, 0.15) is 5.82 Å². The topological polar surface area (TPSA) is 29.3 Å². The molecule has 2 nitrogen and oxygen atoms in total. The maximum Gasteiger partial charge on any atom is 0.256 e. The third kappa shape index (κ3) is 2.39. The van der Waals surface area contributed by atoms with Crippen LogP contribution in [0.5, 0.6) is 0 Å². The third-order valence-electron chi connectivity index (χ3n) is 3.32. The summed E-state index contributed by atoms with van der Waals surface area (Å²) in [7, 11) is 0. The van der Waals surface area contributed by atoms with Crippen LogP contribution in [0, 0.1) is 5.82 Å². The van der Waals surface area contributed by atoms with Crippen LogP contribution in [0.25, 0.3) is 0 Å². The van der Waals surface area contributed by atoms with E-state index in [0.29, 0.717) is 18.8 Å². The number of piperidine rings is 1. The Morgan fingerprint density at radius 1 is 1.18 bits per heavy atom. The van der Waals surface area contributed by atoms with Gasteiger partial charge in [-0.15, -0.1) is 0 Å². The van der Waals surface area contributed by atoms with Gasteiger partial charge in [0.2, 0.25) is 0 Å². The van der Waals surface area contributed by atoms with Gasteiger partial charge in [-0.25, -0.2) is 13.2 Å². The second-order valence-corrected chi connectivity index (χ2v) is 4.47. The smallest absolute Gasteiger partial charge is 0.256 e. The molecule has 1 aromatic rings. The van der Waals surface area contributed by atoms with Crippen LogP contribution in [0.15, 0.2) is 24.3 Å². The Hall–Kier alpha value is -1.23. The molecule has 0 atom stereocenters. The number of anilines is 1. The molecule has 0 aromatic heterocycles. The Labute approximate surface area is 98.2 Å². The number of rotatable bonds is 2. The molecule has 1 saturated heterocycles. The molecule has 0 bridgehead atoms. The summed E-state index contributed by atoms with van der Waals surface area (Å²) in [4.78, 5) is 1.77. The highest BCUT2D eigenvalue weighted by Gasteiger charge is 2.39. The zero-order chi connectivity index (χ0) is 12.5. The first kappa shape index (κ1) is 12.2. The van der Waals surface area contributed by atoms with Crippen LogP contribution in [-0.4, -0.2) is 25.1 Å². The molecule has 1 fully saturated rings. The van der Waals surface area contributed by atoms with Crippen LogP contribution in [0.1, 0.15) is 12.8 Å². The maximum atomic E-state index is 13.5. The number of nitrogens with zero attached hydrogens (tertiary/aromatic N) is 1. The molecule has 2 N–H and O–H groups in total. The van der Waals surface area contributed by atoms with Gasteiger partial charge in [-0.05, 0) is 25.0 Å². The Kier molecular flexibility index (Phi) is 3.28. The number of alkyl halides is 2. The molecule has 0 saturated carbocycles. The van der Waals surface area contributed by atoms with Gasteiger partial charge >= 0.3 is 0 Å². The molecule has 2 rings (SSSR count).